The summed E-state index contributed by atoms with van der Waals surface area (Å²) in [7, 11) is -5.71. The van der Waals surface area contributed by atoms with Gasteiger partial charge in [0, 0.05) is 0 Å². The standard InChI is InChI=1S/C22H29O3PS/c1-2-3-4-5-12-18-26(19-13-20-27(23,24)25,21-14-8-6-9-15-21)22-16-10-7-11-17-22/h2,5-6,8-10,12,14-17H,1,3-4,7,11,13,18-20H2/p+1/b12-5-. The first-order valence-corrected chi connectivity index (χ1v) is 13.3. The molecule has 0 heterocycles. The third-order valence-corrected chi connectivity index (χ3v) is 10.1. The molecular weight excluding hydrogens is 375 g/mol. The Morgan fingerprint density at radius 2 is 1.89 bits per heavy atom. The monoisotopic (exact) mass is 405 g/mol. The van der Waals surface area contributed by atoms with Gasteiger partial charge in [-0.1, -0.05) is 42.5 Å². The van der Waals surface area contributed by atoms with E-state index < -0.39 is 17.4 Å². The third-order valence-electron chi connectivity index (χ3n) is 4.78. The van der Waals surface area contributed by atoms with Crippen LogP contribution >= 0.6 is 7.26 Å². The number of benzene rings is 1. The maximum absolute atomic E-state index is 11.3. The minimum atomic E-state index is -3.94. The highest BCUT2D eigenvalue weighted by Crippen LogP contribution is 2.66. The molecule has 0 saturated carbocycles. The first-order chi connectivity index (χ1) is 13.0. The Morgan fingerprint density at radius 1 is 1.11 bits per heavy atom. The Morgan fingerprint density at radius 3 is 2.52 bits per heavy atom. The van der Waals surface area contributed by atoms with Crippen molar-refractivity contribution >= 4 is 22.7 Å². The van der Waals surface area contributed by atoms with Crippen molar-refractivity contribution in [1.29, 1.82) is 0 Å². The van der Waals surface area contributed by atoms with Crippen LogP contribution in [0.2, 0.25) is 0 Å². The van der Waals surface area contributed by atoms with Gasteiger partial charge in [-0.05, 0) is 56.4 Å². The molecule has 5 heteroatoms. The van der Waals surface area contributed by atoms with Crippen molar-refractivity contribution in [3.8, 4) is 0 Å². The fourth-order valence-corrected chi connectivity index (χ4v) is 8.40. The van der Waals surface area contributed by atoms with Gasteiger partial charge in [-0.2, -0.15) is 8.42 Å². The number of rotatable bonds is 11. The number of hydrogen-bond donors (Lipinski definition) is 1. The molecule has 1 aromatic carbocycles. The van der Waals surface area contributed by atoms with E-state index >= 15 is 0 Å². The number of hydrogen-bond acceptors (Lipinski definition) is 2. The first kappa shape index (κ1) is 21.8. The van der Waals surface area contributed by atoms with E-state index in [4.69, 9.17) is 0 Å². The van der Waals surface area contributed by atoms with Crippen LogP contribution < -0.4 is 5.30 Å². The van der Waals surface area contributed by atoms with E-state index in [1.807, 2.05) is 12.1 Å². The second-order valence-electron chi connectivity index (χ2n) is 6.80. The van der Waals surface area contributed by atoms with E-state index in [0.717, 1.165) is 38.0 Å². The zero-order chi connectivity index (χ0) is 19.6. The molecular formula is C22H30O3PS+. The van der Waals surface area contributed by atoms with Gasteiger partial charge >= 0.3 is 0 Å². The van der Waals surface area contributed by atoms with Gasteiger partial charge in [-0.3, -0.25) is 4.55 Å². The molecule has 27 heavy (non-hydrogen) atoms. The summed E-state index contributed by atoms with van der Waals surface area (Å²) < 4.78 is 31.8. The van der Waals surface area contributed by atoms with Crippen LogP contribution in [0.25, 0.3) is 0 Å². The van der Waals surface area contributed by atoms with E-state index in [1.54, 1.807) is 0 Å². The van der Waals surface area contributed by atoms with E-state index in [1.165, 1.54) is 10.6 Å². The fourth-order valence-electron chi connectivity index (χ4n) is 3.44. The molecule has 0 saturated heterocycles. The Balaban J connectivity index is 2.37. The van der Waals surface area contributed by atoms with Crippen molar-refractivity contribution in [3.63, 3.8) is 0 Å². The topological polar surface area (TPSA) is 54.4 Å². The summed E-state index contributed by atoms with van der Waals surface area (Å²) in [5.74, 6) is -0.182. The molecule has 0 fully saturated rings. The van der Waals surface area contributed by atoms with Gasteiger partial charge in [0.15, 0.2) is 0 Å². The van der Waals surface area contributed by atoms with Crippen LogP contribution in [0.1, 0.15) is 32.1 Å². The average Bonchev–Trinajstić information content (AvgIpc) is 2.67. The van der Waals surface area contributed by atoms with Crippen molar-refractivity contribution in [2.24, 2.45) is 0 Å². The highest BCUT2D eigenvalue weighted by Gasteiger charge is 2.42. The van der Waals surface area contributed by atoms with Crippen LogP contribution in [0.4, 0.5) is 0 Å². The Bertz CT molecular complexity index is 794. The highest BCUT2D eigenvalue weighted by molar-refractivity contribution is 7.87. The van der Waals surface area contributed by atoms with Gasteiger partial charge in [0.2, 0.25) is 0 Å². The molecule has 1 atom stereocenters. The minimum absolute atomic E-state index is 0.182. The lowest BCUT2D eigenvalue weighted by molar-refractivity contribution is 0.482. The second kappa shape index (κ2) is 10.8. The van der Waals surface area contributed by atoms with Gasteiger partial charge in [-0.15, -0.1) is 6.58 Å². The van der Waals surface area contributed by atoms with Crippen LogP contribution in [-0.2, 0) is 10.1 Å². The minimum Gasteiger partial charge on any atom is -0.286 e. The van der Waals surface area contributed by atoms with E-state index in [9.17, 15) is 13.0 Å². The first-order valence-electron chi connectivity index (χ1n) is 9.49. The molecule has 1 N–H and O–H groups in total. The van der Waals surface area contributed by atoms with Crippen LogP contribution in [0.3, 0.4) is 0 Å². The summed E-state index contributed by atoms with van der Waals surface area (Å²) in [4.78, 5) is 0. The predicted octanol–water partition coefficient (Wildman–Crippen LogP) is 5.36. The largest absolute Gasteiger partial charge is 0.286 e. The second-order valence-corrected chi connectivity index (χ2v) is 12.1. The maximum Gasteiger partial charge on any atom is 0.264 e. The van der Waals surface area contributed by atoms with Gasteiger partial charge in [0.25, 0.3) is 10.1 Å². The fraction of sp³-hybridized carbons (Fsp3) is 0.364. The molecule has 0 radical (unpaired) electrons. The molecule has 3 nitrogen and oxygen atoms in total. The SMILES string of the molecule is C=CCC/C=C\C[P+](CCCS(=O)(=O)O)(C1=CCCC=C1)c1ccccc1. The van der Waals surface area contributed by atoms with Gasteiger partial charge < -0.3 is 0 Å². The summed E-state index contributed by atoms with van der Waals surface area (Å²) in [6.07, 6.45) is 19.3. The molecule has 1 aromatic rings. The van der Waals surface area contributed by atoms with Crippen LogP contribution in [-0.4, -0.2) is 31.0 Å². The van der Waals surface area contributed by atoms with Gasteiger partial charge in [0.05, 0.1) is 36.0 Å². The summed E-state index contributed by atoms with van der Waals surface area (Å²) in [6.45, 7) is 3.77. The molecule has 0 bridgehead atoms. The quantitative estimate of drug-likeness (QED) is 0.233. The lowest BCUT2D eigenvalue weighted by Crippen LogP contribution is -2.20. The molecule has 0 aromatic heterocycles. The van der Waals surface area contributed by atoms with Gasteiger partial charge in [-0.25, -0.2) is 0 Å². The summed E-state index contributed by atoms with van der Waals surface area (Å²) in [6, 6.07) is 10.5. The van der Waals surface area contributed by atoms with E-state index in [2.05, 4.69) is 61.2 Å². The highest BCUT2D eigenvalue weighted by atomic mass is 32.2. The third kappa shape index (κ3) is 6.88. The normalized spacial score (nSPS) is 16.9. The van der Waals surface area contributed by atoms with Crippen LogP contribution in [0.5, 0.6) is 0 Å². The van der Waals surface area contributed by atoms with Crippen LogP contribution in [0.15, 0.2) is 78.7 Å². The Hall–Kier alpha value is -1.48. The van der Waals surface area contributed by atoms with Crippen molar-refractivity contribution < 1.29 is 13.0 Å². The molecule has 0 spiro atoms. The molecule has 146 valence electrons. The van der Waals surface area contributed by atoms with Crippen LogP contribution in [0, 0.1) is 0 Å². The number of allylic oxidation sites excluding steroid dienone is 7. The molecule has 0 amide bonds. The maximum atomic E-state index is 11.3. The smallest absolute Gasteiger partial charge is 0.264 e. The van der Waals surface area contributed by atoms with Crippen molar-refractivity contribution in [2.45, 2.75) is 32.1 Å². The van der Waals surface area contributed by atoms with E-state index in [-0.39, 0.29) is 5.75 Å². The molecule has 1 aliphatic carbocycles. The Labute approximate surface area is 164 Å². The predicted molar refractivity (Wildman–Crippen MR) is 119 cm³/mol. The average molecular weight is 406 g/mol. The van der Waals surface area contributed by atoms with Crippen molar-refractivity contribution in [3.05, 3.63) is 78.7 Å². The molecule has 1 unspecified atom stereocenters. The van der Waals surface area contributed by atoms with E-state index in [0.29, 0.717) is 6.42 Å². The molecule has 0 aliphatic heterocycles. The van der Waals surface area contributed by atoms with Crippen molar-refractivity contribution in [2.75, 3.05) is 18.1 Å². The summed E-state index contributed by atoms with van der Waals surface area (Å²) >= 11 is 0. The van der Waals surface area contributed by atoms with Gasteiger partial charge in [0.1, 0.15) is 0 Å². The molecule has 2 rings (SSSR count). The summed E-state index contributed by atoms with van der Waals surface area (Å²) in [5, 5.41) is 2.65. The summed E-state index contributed by atoms with van der Waals surface area (Å²) in [5.41, 5.74) is 0. The van der Waals surface area contributed by atoms with Crippen molar-refractivity contribution in [1.82, 2.24) is 0 Å². The lowest BCUT2D eigenvalue weighted by atomic mass is 10.2. The zero-order valence-electron chi connectivity index (χ0n) is 15.8. The number of unbranched alkanes of at least 4 members (excludes halogenated alkanes) is 1. The lowest BCUT2D eigenvalue weighted by Gasteiger charge is -2.28. The zero-order valence-corrected chi connectivity index (χ0v) is 17.5. The molecule has 1 aliphatic rings. The Kier molecular flexibility index (Phi) is 8.69.